The summed E-state index contributed by atoms with van der Waals surface area (Å²) in [5.41, 5.74) is 3.30. The van der Waals surface area contributed by atoms with Crippen LogP contribution in [0.15, 0.2) is 52.9 Å². The van der Waals surface area contributed by atoms with Gasteiger partial charge in [0.05, 0.1) is 18.9 Å². The maximum Gasteiger partial charge on any atom is 0.293 e. The molecule has 7 heteroatoms. The average molecular weight is 363 g/mol. The highest BCUT2D eigenvalue weighted by atomic mass is 16.7. The Kier molecular flexibility index (Phi) is 3.60. The molecule has 0 saturated carbocycles. The van der Waals surface area contributed by atoms with Crippen LogP contribution in [0.4, 0.5) is 5.69 Å². The molecule has 0 bridgehead atoms. The number of aryl methyl sites for hydroxylation is 1. The molecule has 0 atom stereocenters. The van der Waals surface area contributed by atoms with Crippen LogP contribution in [0, 0.1) is 6.92 Å². The van der Waals surface area contributed by atoms with Crippen molar-refractivity contribution in [3.63, 3.8) is 0 Å². The molecule has 27 heavy (non-hydrogen) atoms. The standard InChI is InChI=1S/C20H17N3O4/c1-13-6-5-9-15-17(13)23(19(24)20(15)25-10-11-26-20)12-16-21-22-18(27-16)14-7-3-2-4-8-14/h2-9H,10-12H2,1H3. The zero-order valence-corrected chi connectivity index (χ0v) is 14.7. The van der Waals surface area contributed by atoms with Crippen LogP contribution in [-0.2, 0) is 26.6 Å². The van der Waals surface area contributed by atoms with Crippen LogP contribution in [-0.4, -0.2) is 29.3 Å². The number of hydrogen-bond acceptors (Lipinski definition) is 6. The number of rotatable bonds is 3. The summed E-state index contributed by atoms with van der Waals surface area (Å²) in [5, 5.41) is 8.22. The molecule has 136 valence electrons. The Balaban J connectivity index is 1.51. The molecule has 0 aliphatic carbocycles. The number of fused-ring (bicyclic) bond motifs is 2. The molecule has 2 aromatic carbocycles. The minimum atomic E-state index is -1.36. The normalized spacial score (nSPS) is 17.7. The van der Waals surface area contributed by atoms with Gasteiger partial charge in [-0.2, -0.15) is 0 Å². The maximum absolute atomic E-state index is 13.2. The van der Waals surface area contributed by atoms with Crippen molar-refractivity contribution in [3.05, 3.63) is 65.5 Å². The summed E-state index contributed by atoms with van der Waals surface area (Å²) in [6.45, 7) is 2.87. The van der Waals surface area contributed by atoms with E-state index >= 15 is 0 Å². The number of anilines is 1. The van der Waals surface area contributed by atoms with Gasteiger partial charge in [-0.3, -0.25) is 9.69 Å². The lowest BCUT2D eigenvalue weighted by Crippen LogP contribution is -2.41. The van der Waals surface area contributed by atoms with Crippen LogP contribution in [0.2, 0.25) is 0 Å². The molecule has 2 aliphatic rings. The van der Waals surface area contributed by atoms with Crippen LogP contribution in [0.5, 0.6) is 0 Å². The van der Waals surface area contributed by atoms with Gasteiger partial charge in [-0.25, -0.2) is 0 Å². The molecular formula is C20H17N3O4. The molecule has 1 spiro atoms. The fourth-order valence-electron chi connectivity index (χ4n) is 3.67. The van der Waals surface area contributed by atoms with E-state index < -0.39 is 5.79 Å². The number of amides is 1. The third kappa shape index (κ3) is 2.39. The Hall–Kier alpha value is -3.03. The lowest BCUT2D eigenvalue weighted by atomic mass is 10.0. The Labute approximate surface area is 155 Å². The van der Waals surface area contributed by atoms with Crippen molar-refractivity contribution in [1.82, 2.24) is 10.2 Å². The van der Waals surface area contributed by atoms with Gasteiger partial charge >= 0.3 is 0 Å². The summed E-state index contributed by atoms with van der Waals surface area (Å²) in [6, 6.07) is 15.2. The lowest BCUT2D eigenvalue weighted by molar-refractivity contribution is -0.180. The van der Waals surface area contributed by atoms with Crippen LogP contribution < -0.4 is 4.90 Å². The van der Waals surface area contributed by atoms with Gasteiger partial charge in [0.2, 0.25) is 11.8 Å². The van der Waals surface area contributed by atoms with E-state index in [-0.39, 0.29) is 12.5 Å². The van der Waals surface area contributed by atoms with E-state index in [0.29, 0.717) is 25.0 Å². The van der Waals surface area contributed by atoms with Gasteiger partial charge in [0.15, 0.2) is 0 Å². The third-order valence-electron chi connectivity index (χ3n) is 4.86. The largest absolute Gasteiger partial charge is 0.419 e. The molecule has 0 N–H and O–H groups in total. The highest BCUT2D eigenvalue weighted by molar-refractivity contribution is 6.06. The van der Waals surface area contributed by atoms with E-state index in [1.807, 2.05) is 55.5 Å². The van der Waals surface area contributed by atoms with Gasteiger partial charge in [0.1, 0.15) is 6.54 Å². The smallest absolute Gasteiger partial charge is 0.293 e. The van der Waals surface area contributed by atoms with Gasteiger partial charge in [-0.1, -0.05) is 36.4 Å². The van der Waals surface area contributed by atoms with E-state index in [1.54, 1.807) is 4.90 Å². The number of benzene rings is 2. The molecule has 0 unspecified atom stereocenters. The number of carbonyl (C=O) groups excluding carboxylic acids is 1. The van der Waals surface area contributed by atoms with Crippen molar-refractivity contribution in [1.29, 1.82) is 0 Å². The van der Waals surface area contributed by atoms with Crippen molar-refractivity contribution in [3.8, 4) is 11.5 Å². The van der Waals surface area contributed by atoms with E-state index in [0.717, 1.165) is 22.4 Å². The first-order chi connectivity index (χ1) is 13.2. The average Bonchev–Trinajstić information content (AvgIpc) is 3.41. The van der Waals surface area contributed by atoms with E-state index in [2.05, 4.69) is 10.2 Å². The summed E-state index contributed by atoms with van der Waals surface area (Å²) >= 11 is 0. The highest BCUT2D eigenvalue weighted by Gasteiger charge is 2.56. The van der Waals surface area contributed by atoms with Gasteiger partial charge in [0.25, 0.3) is 11.7 Å². The summed E-state index contributed by atoms with van der Waals surface area (Å²) in [4.78, 5) is 14.8. The predicted octanol–water partition coefficient (Wildman–Crippen LogP) is 2.79. The van der Waals surface area contributed by atoms with Gasteiger partial charge < -0.3 is 13.9 Å². The first-order valence-corrected chi connectivity index (χ1v) is 8.77. The van der Waals surface area contributed by atoms with Crippen LogP contribution in [0.25, 0.3) is 11.5 Å². The summed E-state index contributed by atoms with van der Waals surface area (Å²) in [6.07, 6.45) is 0. The Bertz CT molecular complexity index is 1010. The number of nitrogens with zero attached hydrogens (tertiary/aromatic N) is 3. The predicted molar refractivity (Wildman–Crippen MR) is 95.7 cm³/mol. The molecule has 0 radical (unpaired) electrons. The Morgan fingerprint density at radius 1 is 1.04 bits per heavy atom. The highest BCUT2D eigenvalue weighted by Crippen LogP contribution is 2.47. The first kappa shape index (κ1) is 16.2. The van der Waals surface area contributed by atoms with Gasteiger partial charge in [-0.05, 0) is 24.6 Å². The molecule has 7 nitrogen and oxygen atoms in total. The van der Waals surface area contributed by atoms with Crippen molar-refractivity contribution in [2.75, 3.05) is 18.1 Å². The quantitative estimate of drug-likeness (QED) is 0.712. The van der Waals surface area contributed by atoms with Crippen molar-refractivity contribution in [2.45, 2.75) is 19.3 Å². The first-order valence-electron chi connectivity index (χ1n) is 8.77. The molecular weight excluding hydrogens is 346 g/mol. The van der Waals surface area contributed by atoms with Crippen molar-refractivity contribution in [2.24, 2.45) is 0 Å². The molecule has 1 saturated heterocycles. The topological polar surface area (TPSA) is 77.7 Å². The number of carbonyl (C=O) groups is 1. The molecule has 2 aliphatic heterocycles. The van der Waals surface area contributed by atoms with E-state index in [9.17, 15) is 4.79 Å². The SMILES string of the molecule is Cc1cccc2c1N(Cc1nnc(-c3ccccc3)o1)C(=O)C21OCCO1. The lowest BCUT2D eigenvalue weighted by Gasteiger charge is -2.21. The van der Waals surface area contributed by atoms with Crippen LogP contribution >= 0.6 is 0 Å². The van der Waals surface area contributed by atoms with E-state index in [4.69, 9.17) is 13.9 Å². The Morgan fingerprint density at radius 2 is 1.81 bits per heavy atom. The molecule has 1 amide bonds. The zero-order chi connectivity index (χ0) is 18.4. The zero-order valence-electron chi connectivity index (χ0n) is 14.7. The van der Waals surface area contributed by atoms with Gasteiger partial charge in [0, 0.05) is 11.1 Å². The number of ether oxygens (including phenoxy) is 2. The van der Waals surface area contributed by atoms with Crippen LogP contribution in [0.3, 0.4) is 0 Å². The minimum absolute atomic E-state index is 0.158. The molecule has 3 aromatic rings. The number of aromatic nitrogens is 2. The van der Waals surface area contributed by atoms with Crippen LogP contribution in [0.1, 0.15) is 17.0 Å². The number of hydrogen-bond donors (Lipinski definition) is 0. The number of para-hydroxylation sites is 1. The monoisotopic (exact) mass is 363 g/mol. The second-order valence-corrected chi connectivity index (χ2v) is 6.54. The molecule has 1 aromatic heterocycles. The van der Waals surface area contributed by atoms with Crippen molar-refractivity contribution >= 4 is 11.6 Å². The fraction of sp³-hybridized carbons (Fsp3) is 0.250. The van der Waals surface area contributed by atoms with Gasteiger partial charge in [-0.15, -0.1) is 10.2 Å². The molecule has 5 rings (SSSR count). The second-order valence-electron chi connectivity index (χ2n) is 6.54. The third-order valence-corrected chi connectivity index (χ3v) is 4.86. The summed E-state index contributed by atoms with van der Waals surface area (Å²) < 4.78 is 17.3. The Morgan fingerprint density at radius 3 is 2.59 bits per heavy atom. The van der Waals surface area contributed by atoms with Crippen molar-refractivity contribution < 1.29 is 18.7 Å². The molecule has 3 heterocycles. The maximum atomic E-state index is 13.2. The fourth-order valence-corrected chi connectivity index (χ4v) is 3.67. The minimum Gasteiger partial charge on any atom is -0.419 e. The summed E-state index contributed by atoms with van der Waals surface area (Å²) in [7, 11) is 0. The summed E-state index contributed by atoms with van der Waals surface area (Å²) in [5.74, 6) is -0.843. The van der Waals surface area contributed by atoms with E-state index in [1.165, 1.54) is 0 Å². The second kappa shape index (κ2) is 6.00. The molecule has 1 fully saturated rings.